The van der Waals surface area contributed by atoms with Crippen LogP contribution in [0.3, 0.4) is 0 Å². The third-order valence-corrected chi connectivity index (χ3v) is 3.04. The van der Waals surface area contributed by atoms with E-state index in [1.54, 1.807) is 12.4 Å². The normalized spacial score (nSPS) is 17.1. The minimum atomic E-state index is 0.266. The van der Waals surface area contributed by atoms with Gasteiger partial charge in [-0.3, -0.25) is 9.97 Å². The molecule has 0 bridgehead atoms. The lowest BCUT2D eigenvalue weighted by Gasteiger charge is -2.23. The molecule has 0 aliphatic rings. The first-order chi connectivity index (χ1) is 7.15. The van der Waals surface area contributed by atoms with Gasteiger partial charge in [0.1, 0.15) is 0 Å². The average molecular weight is 207 g/mol. The molecule has 1 rings (SSSR count). The van der Waals surface area contributed by atoms with Crippen LogP contribution in [0.25, 0.3) is 0 Å². The molecule has 0 fully saturated rings. The second-order valence-electron chi connectivity index (χ2n) is 4.19. The summed E-state index contributed by atoms with van der Waals surface area (Å²) in [7, 11) is 0. The van der Waals surface area contributed by atoms with Gasteiger partial charge in [-0.25, -0.2) is 0 Å². The topological polar surface area (TPSA) is 37.8 Å². The van der Waals surface area contributed by atoms with Gasteiger partial charge in [-0.1, -0.05) is 20.3 Å². The Morgan fingerprint density at radius 1 is 1.27 bits per heavy atom. The number of nitrogens with zero attached hydrogens (tertiary/aromatic N) is 2. The first kappa shape index (κ1) is 12.1. The second kappa shape index (κ2) is 5.81. The van der Waals surface area contributed by atoms with Crippen molar-refractivity contribution < 1.29 is 0 Å². The van der Waals surface area contributed by atoms with Crippen molar-refractivity contribution >= 4 is 0 Å². The van der Waals surface area contributed by atoms with Gasteiger partial charge in [0.15, 0.2) is 0 Å². The zero-order valence-electron chi connectivity index (χ0n) is 10.1. The molecule has 1 aromatic heterocycles. The highest BCUT2D eigenvalue weighted by Crippen LogP contribution is 2.13. The van der Waals surface area contributed by atoms with Crippen LogP contribution in [0.4, 0.5) is 0 Å². The van der Waals surface area contributed by atoms with E-state index < -0.39 is 0 Å². The van der Waals surface area contributed by atoms with Gasteiger partial charge in [-0.2, -0.15) is 0 Å². The second-order valence-corrected chi connectivity index (χ2v) is 4.19. The maximum atomic E-state index is 4.29. The van der Waals surface area contributed by atoms with Crippen LogP contribution in [0.1, 0.15) is 45.9 Å². The third kappa shape index (κ3) is 3.59. The maximum Gasteiger partial charge on any atom is 0.0753 e. The van der Waals surface area contributed by atoms with Crippen LogP contribution in [0.2, 0.25) is 0 Å². The van der Waals surface area contributed by atoms with Crippen LogP contribution >= 0.6 is 0 Å². The van der Waals surface area contributed by atoms with Gasteiger partial charge >= 0.3 is 0 Å². The van der Waals surface area contributed by atoms with Gasteiger partial charge in [-0.05, 0) is 19.8 Å². The molecular formula is C12H21N3. The SMILES string of the molecule is CCC(C)C(C)NC(C)c1cnccn1. The lowest BCUT2D eigenvalue weighted by Crippen LogP contribution is -2.34. The molecule has 3 heteroatoms. The Morgan fingerprint density at radius 3 is 2.53 bits per heavy atom. The molecule has 3 unspecified atom stereocenters. The summed E-state index contributed by atoms with van der Waals surface area (Å²) >= 11 is 0. The molecule has 0 amide bonds. The summed E-state index contributed by atoms with van der Waals surface area (Å²) in [5, 5.41) is 3.54. The van der Waals surface area contributed by atoms with Gasteiger partial charge in [0.2, 0.25) is 0 Å². The van der Waals surface area contributed by atoms with Crippen molar-refractivity contribution in [3.05, 3.63) is 24.3 Å². The Hall–Kier alpha value is -0.960. The van der Waals surface area contributed by atoms with E-state index in [9.17, 15) is 0 Å². The molecule has 0 aromatic carbocycles. The summed E-state index contributed by atoms with van der Waals surface area (Å²) in [5.74, 6) is 0.684. The average Bonchev–Trinajstić information content (AvgIpc) is 2.29. The highest BCUT2D eigenvalue weighted by atomic mass is 15.0. The summed E-state index contributed by atoms with van der Waals surface area (Å²) in [6.07, 6.45) is 6.46. The minimum Gasteiger partial charge on any atom is -0.306 e. The predicted octanol–water partition coefficient (Wildman–Crippen LogP) is 2.56. The summed E-state index contributed by atoms with van der Waals surface area (Å²) in [6.45, 7) is 8.83. The van der Waals surface area contributed by atoms with Crippen LogP contribution in [-0.2, 0) is 0 Å². The largest absolute Gasteiger partial charge is 0.306 e. The fourth-order valence-electron chi connectivity index (χ4n) is 1.53. The van der Waals surface area contributed by atoms with Crippen LogP contribution < -0.4 is 5.32 Å². The molecule has 3 atom stereocenters. The van der Waals surface area contributed by atoms with Crippen LogP contribution in [0, 0.1) is 5.92 Å². The van der Waals surface area contributed by atoms with Crippen molar-refractivity contribution in [2.45, 2.75) is 46.2 Å². The van der Waals surface area contributed by atoms with Gasteiger partial charge < -0.3 is 5.32 Å². The number of hydrogen-bond donors (Lipinski definition) is 1. The number of rotatable bonds is 5. The molecule has 0 aliphatic carbocycles. The van der Waals surface area contributed by atoms with E-state index in [0.29, 0.717) is 12.0 Å². The number of hydrogen-bond acceptors (Lipinski definition) is 3. The molecule has 3 nitrogen and oxygen atoms in total. The van der Waals surface area contributed by atoms with Gasteiger partial charge in [0.25, 0.3) is 0 Å². The molecule has 15 heavy (non-hydrogen) atoms. The highest BCUT2D eigenvalue weighted by Gasteiger charge is 2.14. The van der Waals surface area contributed by atoms with E-state index in [0.717, 1.165) is 5.69 Å². The Labute approximate surface area is 92.3 Å². The number of nitrogens with one attached hydrogen (secondary N) is 1. The standard InChI is InChI=1S/C12H21N3/c1-5-9(2)10(3)15-11(4)12-8-13-6-7-14-12/h6-11,15H,5H2,1-4H3. The van der Waals surface area contributed by atoms with Crippen LogP contribution in [-0.4, -0.2) is 16.0 Å². The summed E-state index contributed by atoms with van der Waals surface area (Å²) < 4.78 is 0. The van der Waals surface area contributed by atoms with Crippen LogP contribution in [0.5, 0.6) is 0 Å². The molecule has 0 radical (unpaired) electrons. The molecule has 1 aromatic rings. The minimum absolute atomic E-state index is 0.266. The van der Waals surface area contributed by atoms with Crippen molar-refractivity contribution in [3.8, 4) is 0 Å². The molecule has 0 saturated heterocycles. The van der Waals surface area contributed by atoms with E-state index in [4.69, 9.17) is 0 Å². The third-order valence-electron chi connectivity index (χ3n) is 3.04. The van der Waals surface area contributed by atoms with Crippen molar-refractivity contribution in [1.29, 1.82) is 0 Å². The summed E-state index contributed by atoms with van der Waals surface area (Å²) in [4.78, 5) is 8.37. The molecular weight excluding hydrogens is 186 g/mol. The molecule has 1 heterocycles. The van der Waals surface area contributed by atoms with E-state index in [1.807, 2.05) is 6.20 Å². The van der Waals surface area contributed by atoms with E-state index in [1.165, 1.54) is 6.42 Å². The van der Waals surface area contributed by atoms with Crippen molar-refractivity contribution in [3.63, 3.8) is 0 Å². The van der Waals surface area contributed by atoms with Crippen LogP contribution in [0.15, 0.2) is 18.6 Å². The monoisotopic (exact) mass is 207 g/mol. The predicted molar refractivity (Wildman–Crippen MR) is 62.5 cm³/mol. The molecule has 0 saturated carbocycles. The lowest BCUT2D eigenvalue weighted by atomic mass is 10.00. The van der Waals surface area contributed by atoms with E-state index in [-0.39, 0.29) is 6.04 Å². The van der Waals surface area contributed by atoms with Crippen molar-refractivity contribution in [2.24, 2.45) is 5.92 Å². The molecule has 1 N–H and O–H groups in total. The first-order valence-electron chi connectivity index (χ1n) is 5.67. The Balaban J connectivity index is 2.52. The van der Waals surface area contributed by atoms with Gasteiger partial charge in [-0.15, -0.1) is 0 Å². The fourth-order valence-corrected chi connectivity index (χ4v) is 1.53. The zero-order valence-corrected chi connectivity index (χ0v) is 10.1. The Kier molecular flexibility index (Phi) is 4.69. The Morgan fingerprint density at radius 2 is 2.00 bits per heavy atom. The van der Waals surface area contributed by atoms with E-state index in [2.05, 4.69) is 43.0 Å². The molecule has 84 valence electrons. The zero-order chi connectivity index (χ0) is 11.3. The quantitative estimate of drug-likeness (QED) is 0.806. The summed E-state index contributed by atoms with van der Waals surface area (Å²) in [5.41, 5.74) is 1.01. The Bertz CT molecular complexity index is 273. The first-order valence-corrected chi connectivity index (χ1v) is 5.67. The van der Waals surface area contributed by atoms with Crippen molar-refractivity contribution in [2.75, 3.05) is 0 Å². The van der Waals surface area contributed by atoms with Gasteiger partial charge in [0.05, 0.1) is 5.69 Å². The number of aromatic nitrogens is 2. The lowest BCUT2D eigenvalue weighted by molar-refractivity contribution is 0.357. The van der Waals surface area contributed by atoms with Gasteiger partial charge in [0, 0.05) is 30.7 Å². The fraction of sp³-hybridized carbons (Fsp3) is 0.667. The molecule has 0 aliphatic heterocycles. The van der Waals surface area contributed by atoms with Crippen molar-refractivity contribution in [1.82, 2.24) is 15.3 Å². The summed E-state index contributed by atoms with van der Waals surface area (Å²) in [6, 6.07) is 0.773. The van der Waals surface area contributed by atoms with E-state index >= 15 is 0 Å². The molecule has 0 spiro atoms. The highest BCUT2D eigenvalue weighted by molar-refractivity contribution is 5.01. The smallest absolute Gasteiger partial charge is 0.0753 e. The maximum absolute atomic E-state index is 4.29.